The highest BCUT2D eigenvalue weighted by molar-refractivity contribution is 6.31. The second kappa shape index (κ2) is 10.4. The normalized spacial score (nSPS) is 20.0. The SMILES string of the molecule is CC.Cc1cc(C(C)NC(=O)CN2CCC(O)(c3ccc(Cl)cc3)C2)ccc1Cl. The van der Waals surface area contributed by atoms with Crippen molar-refractivity contribution in [2.75, 3.05) is 19.6 Å². The van der Waals surface area contributed by atoms with Crippen LogP contribution in [0, 0.1) is 6.92 Å². The van der Waals surface area contributed by atoms with Crippen LogP contribution in [0.4, 0.5) is 0 Å². The third-order valence-corrected chi connectivity index (χ3v) is 5.81. The molecule has 0 spiro atoms. The number of halogens is 2. The Morgan fingerprint density at radius 2 is 1.86 bits per heavy atom. The number of carbonyl (C=O) groups excluding carboxylic acids is 1. The molecule has 158 valence electrons. The van der Waals surface area contributed by atoms with Crippen molar-refractivity contribution in [1.29, 1.82) is 0 Å². The zero-order chi connectivity index (χ0) is 21.6. The predicted molar refractivity (Wildman–Crippen MR) is 121 cm³/mol. The summed E-state index contributed by atoms with van der Waals surface area (Å²) in [4.78, 5) is 14.4. The maximum Gasteiger partial charge on any atom is 0.234 e. The van der Waals surface area contributed by atoms with E-state index in [2.05, 4.69) is 5.32 Å². The van der Waals surface area contributed by atoms with Crippen LogP contribution in [0.2, 0.25) is 10.0 Å². The summed E-state index contributed by atoms with van der Waals surface area (Å²) in [6, 6.07) is 12.9. The van der Waals surface area contributed by atoms with Gasteiger partial charge in [-0.1, -0.05) is 61.3 Å². The minimum atomic E-state index is -0.941. The molecule has 0 aliphatic carbocycles. The standard InChI is InChI=1S/C21H24Cl2N2O2.C2H6/c1-14-11-16(3-8-19(14)23)15(2)24-20(26)12-25-10-9-21(27,13-25)17-4-6-18(22)7-5-17;1-2/h3-8,11,15,27H,9-10,12-13H2,1-2H3,(H,24,26);1-2H3. The maximum absolute atomic E-state index is 12.4. The zero-order valence-electron chi connectivity index (χ0n) is 17.5. The third kappa shape index (κ3) is 6.19. The lowest BCUT2D eigenvalue weighted by Crippen LogP contribution is -2.39. The lowest BCUT2D eigenvalue weighted by atomic mass is 9.93. The van der Waals surface area contributed by atoms with Crippen molar-refractivity contribution in [3.8, 4) is 0 Å². The Bertz CT molecular complexity index is 826. The second-order valence-corrected chi connectivity index (χ2v) is 8.14. The Hall–Kier alpha value is -1.59. The molecule has 2 N–H and O–H groups in total. The summed E-state index contributed by atoms with van der Waals surface area (Å²) in [5.74, 6) is -0.0598. The van der Waals surface area contributed by atoms with Crippen LogP contribution in [0.15, 0.2) is 42.5 Å². The molecule has 1 amide bonds. The predicted octanol–water partition coefficient (Wildman–Crippen LogP) is 5.10. The van der Waals surface area contributed by atoms with Gasteiger partial charge in [-0.2, -0.15) is 0 Å². The molecule has 4 nitrogen and oxygen atoms in total. The highest BCUT2D eigenvalue weighted by atomic mass is 35.5. The van der Waals surface area contributed by atoms with Crippen molar-refractivity contribution in [1.82, 2.24) is 10.2 Å². The summed E-state index contributed by atoms with van der Waals surface area (Å²) in [5, 5.41) is 15.3. The number of β-amino-alcohol motifs (C(OH)–C–C–N with tert-alkyl or cyclic N) is 1. The molecule has 0 radical (unpaired) electrons. The average molecular weight is 437 g/mol. The van der Waals surface area contributed by atoms with Crippen molar-refractivity contribution < 1.29 is 9.90 Å². The van der Waals surface area contributed by atoms with Crippen LogP contribution < -0.4 is 5.32 Å². The van der Waals surface area contributed by atoms with Crippen LogP contribution in [-0.2, 0) is 10.4 Å². The Morgan fingerprint density at radius 1 is 1.21 bits per heavy atom. The molecule has 2 atom stereocenters. The fraction of sp³-hybridized carbons (Fsp3) is 0.435. The average Bonchev–Trinajstić information content (AvgIpc) is 3.07. The number of aryl methyl sites for hydroxylation is 1. The van der Waals surface area contributed by atoms with E-state index < -0.39 is 5.60 Å². The summed E-state index contributed by atoms with van der Waals surface area (Å²) in [5.41, 5.74) is 1.90. The van der Waals surface area contributed by atoms with Gasteiger partial charge in [-0.25, -0.2) is 0 Å². The number of likely N-dealkylation sites (tertiary alicyclic amines) is 1. The molecule has 1 fully saturated rings. The highest BCUT2D eigenvalue weighted by Crippen LogP contribution is 2.32. The Kier molecular flexibility index (Phi) is 8.53. The van der Waals surface area contributed by atoms with Gasteiger partial charge in [0.1, 0.15) is 5.60 Å². The van der Waals surface area contributed by atoms with Gasteiger partial charge >= 0.3 is 0 Å². The summed E-state index contributed by atoms with van der Waals surface area (Å²) >= 11 is 12.0. The van der Waals surface area contributed by atoms with E-state index >= 15 is 0 Å². The summed E-state index contributed by atoms with van der Waals surface area (Å²) in [7, 11) is 0. The summed E-state index contributed by atoms with van der Waals surface area (Å²) in [6.07, 6.45) is 0.591. The smallest absolute Gasteiger partial charge is 0.234 e. The first-order chi connectivity index (χ1) is 13.8. The largest absolute Gasteiger partial charge is 0.384 e. The van der Waals surface area contributed by atoms with E-state index in [1.54, 1.807) is 12.1 Å². The Balaban J connectivity index is 0.00000145. The summed E-state index contributed by atoms with van der Waals surface area (Å²) in [6.45, 7) is 9.25. The van der Waals surface area contributed by atoms with Crippen molar-refractivity contribution in [3.63, 3.8) is 0 Å². The van der Waals surface area contributed by atoms with E-state index in [0.717, 1.165) is 21.7 Å². The molecule has 0 aromatic heterocycles. The third-order valence-electron chi connectivity index (χ3n) is 5.14. The maximum atomic E-state index is 12.4. The van der Waals surface area contributed by atoms with Crippen molar-refractivity contribution in [2.24, 2.45) is 0 Å². The van der Waals surface area contributed by atoms with E-state index in [-0.39, 0.29) is 18.5 Å². The molecule has 3 rings (SSSR count). The van der Waals surface area contributed by atoms with E-state index in [0.29, 0.717) is 24.5 Å². The number of nitrogens with zero attached hydrogens (tertiary/aromatic N) is 1. The number of benzene rings is 2. The van der Waals surface area contributed by atoms with Gasteiger partial charge in [0.05, 0.1) is 12.6 Å². The van der Waals surface area contributed by atoms with Gasteiger partial charge in [-0.15, -0.1) is 0 Å². The van der Waals surface area contributed by atoms with Gasteiger partial charge in [0.25, 0.3) is 0 Å². The van der Waals surface area contributed by atoms with E-state index in [9.17, 15) is 9.90 Å². The van der Waals surface area contributed by atoms with Gasteiger partial charge < -0.3 is 10.4 Å². The molecule has 0 bridgehead atoms. The fourth-order valence-corrected chi connectivity index (χ4v) is 3.76. The van der Waals surface area contributed by atoms with E-state index in [1.165, 1.54) is 0 Å². The molecule has 29 heavy (non-hydrogen) atoms. The van der Waals surface area contributed by atoms with Crippen LogP contribution in [0.25, 0.3) is 0 Å². The molecule has 1 saturated heterocycles. The number of amides is 1. The molecule has 1 aliphatic rings. The van der Waals surface area contributed by atoms with Gasteiger partial charge in [0.15, 0.2) is 0 Å². The second-order valence-electron chi connectivity index (χ2n) is 7.30. The molecule has 1 aliphatic heterocycles. The van der Waals surface area contributed by atoms with Gasteiger partial charge in [-0.3, -0.25) is 9.69 Å². The van der Waals surface area contributed by atoms with Crippen LogP contribution >= 0.6 is 23.2 Å². The van der Waals surface area contributed by atoms with Crippen LogP contribution in [-0.4, -0.2) is 35.5 Å². The quantitative estimate of drug-likeness (QED) is 0.685. The number of rotatable bonds is 5. The molecule has 2 aromatic rings. The first kappa shape index (κ1) is 23.7. The molecule has 0 saturated carbocycles. The Morgan fingerprint density at radius 3 is 2.48 bits per heavy atom. The highest BCUT2D eigenvalue weighted by Gasteiger charge is 2.38. The lowest BCUT2D eigenvalue weighted by Gasteiger charge is -2.24. The number of hydrogen-bond acceptors (Lipinski definition) is 3. The minimum absolute atomic E-state index is 0.0598. The van der Waals surface area contributed by atoms with Crippen molar-refractivity contribution >= 4 is 29.1 Å². The molecule has 2 aromatic carbocycles. The summed E-state index contributed by atoms with van der Waals surface area (Å²) < 4.78 is 0. The number of aliphatic hydroxyl groups is 1. The van der Waals surface area contributed by atoms with Crippen molar-refractivity contribution in [2.45, 2.75) is 45.8 Å². The fourth-order valence-electron chi connectivity index (χ4n) is 3.51. The molecule has 6 heteroatoms. The molecule has 1 heterocycles. The van der Waals surface area contributed by atoms with Crippen LogP contribution in [0.5, 0.6) is 0 Å². The monoisotopic (exact) mass is 436 g/mol. The first-order valence-corrected chi connectivity index (χ1v) is 10.8. The molecular weight excluding hydrogens is 407 g/mol. The van der Waals surface area contributed by atoms with Crippen molar-refractivity contribution in [3.05, 3.63) is 69.2 Å². The van der Waals surface area contributed by atoms with Gasteiger partial charge in [0, 0.05) is 23.1 Å². The lowest BCUT2D eigenvalue weighted by molar-refractivity contribution is -0.122. The first-order valence-electron chi connectivity index (χ1n) is 10.0. The van der Waals surface area contributed by atoms with Gasteiger partial charge in [0.2, 0.25) is 5.91 Å². The Labute approximate surface area is 183 Å². The number of nitrogens with one attached hydrogen (secondary N) is 1. The number of carbonyl (C=O) groups is 1. The molecular formula is C23H30Cl2N2O2. The van der Waals surface area contributed by atoms with Crippen LogP contribution in [0.3, 0.4) is 0 Å². The van der Waals surface area contributed by atoms with E-state index in [1.807, 2.05) is 62.9 Å². The molecule has 2 unspecified atom stereocenters. The minimum Gasteiger partial charge on any atom is -0.384 e. The number of hydrogen-bond donors (Lipinski definition) is 2. The topological polar surface area (TPSA) is 52.6 Å². The van der Waals surface area contributed by atoms with Gasteiger partial charge in [-0.05, 0) is 55.2 Å². The zero-order valence-corrected chi connectivity index (χ0v) is 19.0. The van der Waals surface area contributed by atoms with E-state index in [4.69, 9.17) is 23.2 Å². The van der Waals surface area contributed by atoms with Crippen LogP contribution in [0.1, 0.15) is 49.9 Å².